The van der Waals surface area contributed by atoms with Gasteiger partial charge in [-0.3, -0.25) is 4.90 Å². The predicted molar refractivity (Wildman–Crippen MR) is 55.0 cm³/mol. The molecule has 0 amide bonds. The molecule has 1 N–H and O–H groups in total. The van der Waals surface area contributed by atoms with E-state index in [1.165, 1.54) is 0 Å². The molecule has 0 radical (unpaired) electrons. The molecular weight excluding hydrogens is 164 g/mol. The summed E-state index contributed by atoms with van der Waals surface area (Å²) < 4.78 is 5.53. The monoisotopic (exact) mass is 186 g/mol. The fourth-order valence-corrected chi connectivity index (χ4v) is 1.66. The smallest absolute Gasteiger partial charge is 0.0774 e. The Kier molecular flexibility index (Phi) is 4.16. The highest BCUT2D eigenvalue weighted by atomic mass is 16.5. The quantitative estimate of drug-likeness (QED) is 0.699. The molecule has 0 aromatic carbocycles. The van der Waals surface area contributed by atoms with Gasteiger partial charge >= 0.3 is 0 Å². The first-order valence-electron chi connectivity index (χ1n) is 5.18. The number of hydrogen-bond donors (Lipinski definition) is 1. The van der Waals surface area contributed by atoms with Crippen LogP contribution in [-0.4, -0.2) is 50.3 Å². The van der Waals surface area contributed by atoms with Gasteiger partial charge in [-0.25, -0.2) is 0 Å². The van der Waals surface area contributed by atoms with Gasteiger partial charge in [0.25, 0.3) is 0 Å². The predicted octanol–water partition coefficient (Wildman–Crippen LogP) is 0.707. The zero-order chi connectivity index (χ0) is 9.73. The van der Waals surface area contributed by atoms with E-state index in [0.29, 0.717) is 0 Å². The Hall–Kier alpha value is -0.120. The molecule has 78 valence electrons. The first-order chi connectivity index (χ1) is 6.20. The highest BCUT2D eigenvalue weighted by Gasteiger charge is 2.25. The average molecular weight is 186 g/mol. The maximum atomic E-state index is 5.53. The molecule has 1 rings (SSSR count). The second-order valence-corrected chi connectivity index (χ2v) is 4.03. The third kappa shape index (κ3) is 3.25. The number of hydrogen-bond acceptors (Lipinski definition) is 3. The molecular formula is C10H22N2O. The molecule has 0 bridgehead atoms. The van der Waals surface area contributed by atoms with Crippen LogP contribution in [0.3, 0.4) is 0 Å². The maximum Gasteiger partial charge on any atom is 0.0774 e. The summed E-state index contributed by atoms with van der Waals surface area (Å²) >= 11 is 0. The normalized spacial score (nSPS) is 24.2. The molecule has 3 nitrogen and oxygen atoms in total. The van der Waals surface area contributed by atoms with Crippen molar-refractivity contribution in [2.75, 3.05) is 39.8 Å². The van der Waals surface area contributed by atoms with Crippen molar-refractivity contribution in [3.05, 3.63) is 0 Å². The number of methoxy groups -OCH3 is 1. The van der Waals surface area contributed by atoms with Gasteiger partial charge in [-0.2, -0.15) is 0 Å². The third-order valence-corrected chi connectivity index (χ3v) is 3.01. The van der Waals surface area contributed by atoms with E-state index in [-0.39, 0.29) is 5.60 Å². The van der Waals surface area contributed by atoms with E-state index in [1.807, 2.05) is 7.11 Å². The van der Waals surface area contributed by atoms with Gasteiger partial charge in [0, 0.05) is 39.8 Å². The Balaban J connectivity index is 2.35. The minimum absolute atomic E-state index is 0.0390. The van der Waals surface area contributed by atoms with Gasteiger partial charge < -0.3 is 10.1 Å². The molecule has 3 heteroatoms. The Morgan fingerprint density at radius 2 is 2.00 bits per heavy atom. The van der Waals surface area contributed by atoms with E-state index >= 15 is 0 Å². The number of rotatable bonds is 4. The van der Waals surface area contributed by atoms with E-state index in [0.717, 1.165) is 39.1 Å². The minimum Gasteiger partial charge on any atom is -0.377 e. The summed E-state index contributed by atoms with van der Waals surface area (Å²) in [6.45, 7) is 9.97. The van der Waals surface area contributed by atoms with Crippen molar-refractivity contribution >= 4 is 0 Å². The maximum absolute atomic E-state index is 5.53. The summed E-state index contributed by atoms with van der Waals surface area (Å²) in [5.41, 5.74) is 0.0390. The largest absolute Gasteiger partial charge is 0.377 e. The first kappa shape index (κ1) is 11.0. The fraction of sp³-hybridized carbons (Fsp3) is 1.00. The van der Waals surface area contributed by atoms with Gasteiger partial charge in [-0.15, -0.1) is 0 Å². The fourth-order valence-electron chi connectivity index (χ4n) is 1.66. The van der Waals surface area contributed by atoms with E-state index in [1.54, 1.807) is 0 Å². The van der Waals surface area contributed by atoms with Gasteiger partial charge in [-0.1, -0.05) is 6.92 Å². The lowest BCUT2D eigenvalue weighted by molar-refractivity contribution is -0.0270. The highest BCUT2D eigenvalue weighted by molar-refractivity contribution is 4.80. The van der Waals surface area contributed by atoms with E-state index in [9.17, 15) is 0 Å². The molecule has 1 aliphatic heterocycles. The lowest BCUT2D eigenvalue weighted by Gasteiger charge is -2.36. The second kappa shape index (κ2) is 4.94. The van der Waals surface area contributed by atoms with Crippen molar-refractivity contribution in [2.45, 2.75) is 25.9 Å². The van der Waals surface area contributed by atoms with Crippen molar-refractivity contribution in [1.29, 1.82) is 0 Å². The lowest BCUT2D eigenvalue weighted by atomic mass is 10.0. The van der Waals surface area contributed by atoms with Crippen LogP contribution >= 0.6 is 0 Å². The van der Waals surface area contributed by atoms with Crippen molar-refractivity contribution in [3.8, 4) is 0 Å². The first-order valence-corrected chi connectivity index (χ1v) is 5.18. The van der Waals surface area contributed by atoms with Crippen LogP contribution in [0.1, 0.15) is 20.3 Å². The molecule has 1 saturated heterocycles. The molecule has 0 aromatic rings. The van der Waals surface area contributed by atoms with Crippen molar-refractivity contribution in [2.24, 2.45) is 0 Å². The van der Waals surface area contributed by atoms with Crippen molar-refractivity contribution < 1.29 is 4.74 Å². The average Bonchev–Trinajstić information content (AvgIpc) is 2.19. The molecule has 0 aliphatic carbocycles. The summed E-state index contributed by atoms with van der Waals surface area (Å²) in [4.78, 5) is 2.48. The number of nitrogens with zero attached hydrogens (tertiary/aromatic N) is 1. The summed E-state index contributed by atoms with van der Waals surface area (Å²) in [5, 5.41) is 3.35. The molecule has 0 spiro atoms. The molecule has 1 atom stereocenters. The Bertz CT molecular complexity index is 140. The highest BCUT2D eigenvalue weighted by Crippen LogP contribution is 2.15. The number of piperazine rings is 1. The van der Waals surface area contributed by atoms with E-state index in [4.69, 9.17) is 4.74 Å². The molecule has 0 aromatic heterocycles. The van der Waals surface area contributed by atoms with Gasteiger partial charge in [-0.05, 0) is 13.3 Å². The van der Waals surface area contributed by atoms with Crippen LogP contribution in [0.4, 0.5) is 0 Å². The van der Waals surface area contributed by atoms with Crippen LogP contribution in [0.2, 0.25) is 0 Å². The second-order valence-electron chi connectivity index (χ2n) is 4.03. The molecule has 1 unspecified atom stereocenters. The van der Waals surface area contributed by atoms with Crippen LogP contribution in [0.5, 0.6) is 0 Å². The van der Waals surface area contributed by atoms with Crippen molar-refractivity contribution in [3.63, 3.8) is 0 Å². The summed E-state index contributed by atoms with van der Waals surface area (Å²) in [7, 11) is 1.81. The van der Waals surface area contributed by atoms with Gasteiger partial charge in [0.15, 0.2) is 0 Å². The minimum atomic E-state index is 0.0390. The summed E-state index contributed by atoms with van der Waals surface area (Å²) in [5.74, 6) is 0. The molecule has 13 heavy (non-hydrogen) atoms. The van der Waals surface area contributed by atoms with Crippen LogP contribution in [0.25, 0.3) is 0 Å². The molecule has 1 fully saturated rings. The van der Waals surface area contributed by atoms with Crippen molar-refractivity contribution in [1.82, 2.24) is 10.2 Å². The topological polar surface area (TPSA) is 24.5 Å². The van der Waals surface area contributed by atoms with Gasteiger partial charge in [0.2, 0.25) is 0 Å². The molecule has 1 aliphatic rings. The van der Waals surface area contributed by atoms with Gasteiger partial charge in [0.05, 0.1) is 5.60 Å². The van der Waals surface area contributed by atoms with Crippen LogP contribution in [0.15, 0.2) is 0 Å². The molecule has 1 heterocycles. The van der Waals surface area contributed by atoms with Gasteiger partial charge in [0.1, 0.15) is 0 Å². The Labute approximate surface area is 81.4 Å². The Morgan fingerprint density at radius 1 is 1.38 bits per heavy atom. The number of ether oxygens (including phenoxy) is 1. The summed E-state index contributed by atoms with van der Waals surface area (Å²) in [6, 6.07) is 0. The number of nitrogens with one attached hydrogen (secondary N) is 1. The van der Waals surface area contributed by atoms with E-state index < -0.39 is 0 Å². The standard InChI is InChI=1S/C10H22N2O/c1-4-10(2,13-3)9-12-7-5-11-6-8-12/h11H,4-9H2,1-3H3. The van der Waals surface area contributed by atoms with Crippen LogP contribution in [-0.2, 0) is 4.74 Å². The zero-order valence-electron chi connectivity index (χ0n) is 9.10. The Morgan fingerprint density at radius 3 is 2.46 bits per heavy atom. The van der Waals surface area contributed by atoms with E-state index in [2.05, 4.69) is 24.1 Å². The molecule has 0 saturated carbocycles. The zero-order valence-corrected chi connectivity index (χ0v) is 9.10. The van der Waals surface area contributed by atoms with Crippen LogP contribution in [0, 0.1) is 0 Å². The third-order valence-electron chi connectivity index (χ3n) is 3.01. The lowest BCUT2D eigenvalue weighted by Crippen LogP contribution is -2.50. The SMILES string of the molecule is CCC(C)(CN1CCNCC1)OC. The summed E-state index contributed by atoms with van der Waals surface area (Å²) in [6.07, 6.45) is 1.08. The van der Waals surface area contributed by atoms with Crippen LogP contribution < -0.4 is 5.32 Å².